The molecule has 7 heteroatoms. The van der Waals surface area contributed by atoms with E-state index in [1.807, 2.05) is 0 Å². The van der Waals surface area contributed by atoms with E-state index in [-0.39, 0.29) is 17.6 Å². The molecule has 1 unspecified atom stereocenters. The highest BCUT2D eigenvalue weighted by molar-refractivity contribution is 7.89. The molecule has 0 saturated heterocycles. The van der Waals surface area contributed by atoms with Crippen molar-refractivity contribution in [2.75, 3.05) is 18.2 Å². The van der Waals surface area contributed by atoms with E-state index < -0.39 is 23.0 Å². The van der Waals surface area contributed by atoms with Gasteiger partial charge in [-0.3, -0.25) is 0 Å². The molecule has 0 aliphatic rings. The molecule has 0 aromatic carbocycles. The number of hydrogen-bond donors (Lipinski definition) is 1. The molecule has 0 aromatic rings. The monoisotopic (exact) mass is 235 g/mol. The molecule has 0 bridgehead atoms. The van der Waals surface area contributed by atoms with Crippen LogP contribution in [0.5, 0.6) is 0 Å². The maximum absolute atomic E-state index is 11.6. The van der Waals surface area contributed by atoms with E-state index in [0.29, 0.717) is 0 Å². The smallest absolute Gasteiger partial charge is 0.212 e. The van der Waals surface area contributed by atoms with Gasteiger partial charge in [0.2, 0.25) is 10.0 Å². The molecule has 0 heterocycles. The quantitative estimate of drug-likeness (QED) is 0.700. The van der Waals surface area contributed by atoms with Crippen molar-refractivity contribution in [1.82, 2.24) is 4.72 Å². The second-order valence-electron chi connectivity index (χ2n) is 2.78. The van der Waals surface area contributed by atoms with Gasteiger partial charge in [-0.05, 0) is 5.92 Å². The van der Waals surface area contributed by atoms with Gasteiger partial charge in [0.15, 0.2) is 0 Å². The zero-order valence-electron chi connectivity index (χ0n) is 7.13. The fourth-order valence-corrected chi connectivity index (χ4v) is 2.27. The van der Waals surface area contributed by atoms with Gasteiger partial charge in [-0.25, -0.2) is 21.9 Å². The van der Waals surface area contributed by atoms with Gasteiger partial charge < -0.3 is 0 Å². The van der Waals surface area contributed by atoms with Crippen LogP contribution in [0, 0.1) is 5.92 Å². The molecule has 3 nitrogen and oxygen atoms in total. The molecule has 80 valence electrons. The summed E-state index contributed by atoms with van der Waals surface area (Å²) in [6.45, 7) is 0.798. The lowest BCUT2D eigenvalue weighted by atomic mass is 10.3. The summed E-state index contributed by atoms with van der Waals surface area (Å²) in [5.41, 5.74) is 0. The van der Waals surface area contributed by atoms with Crippen LogP contribution < -0.4 is 4.72 Å². The average Bonchev–Trinajstić information content (AvgIpc) is 2.00. The molecular weight excluding hydrogens is 224 g/mol. The topological polar surface area (TPSA) is 46.2 Å². The van der Waals surface area contributed by atoms with Gasteiger partial charge in [-0.15, -0.1) is 11.6 Å². The minimum Gasteiger partial charge on any atom is -0.212 e. The van der Waals surface area contributed by atoms with E-state index in [0.717, 1.165) is 0 Å². The molecule has 0 rings (SSSR count). The van der Waals surface area contributed by atoms with Crippen LogP contribution in [0.1, 0.15) is 6.92 Å². The van der Waals surface area contributed by atoms with Crippen molar-refractivity contribution in [3.05, 3.63) is 0 Å². The standard InChI is InChI=1S/C6H12ClF2NO2S/c1-5(2-7)4-13(11,12)10-3-6(8)9/h5-6,10H,2-4H2,1H3. The third kappa shape index (κ3) is 7.16. The number of rotatable bonds is 6. The van der Waals surface area contributed by atoms with Crippen molar-refractivity contribution >= 4 is 21.6 Å². The van der Waals surface area contributed by atoms with Crippen molar-refractivity contribution in [1.29, 1.82) is 0 Å². The van der Waals surface area contributed by atoms with Crippen LogP contribution in [0.15, 0.2) is 0 Å². The zero-order valence-corrected chi connectivity index (χ0v) is 8.71. The number of alkyl halides is 3. The molecule has 0 spiro atoms. The fraction of sp³-hybridized carbons (Fsp3) is 1.00. The Balaban J connectivity index is 3.95. The molecule has 1 N–H and O–H groups in total. The van der Waals surface area contributed by atoms with Crippen LogP contribution in [0.25, 0.3) is 0 Å². The molecule has 0 fully saturated rings. The summed E-state index contributed by atoms with van der Waals surface area (Å²) in [5.74, 6) is -0.268. The molecule has 0 aromatic heterocycles. The molecule has 0 aliphatic carbocycles. The Morgan fingerprint density at radius 2 is 2.00 bits per heavy atom. The fourth-order valence-electron chi connectivity index (χ4n) is 0.668. The van der Waals surface area contributed by atoms with Crippen LogP contribution in [0.3, 0.4) is 0 Å². The van der Waals surface area contributed by atoms with Crippen LogP contribution in [-0.4, -0.2) is 33.0 Å². The zero-order chi connectivity index (χ0) is 10.5. The Labute approximate surface area is 81.5 Å². The molecule has 0 amide bonds. The second kappa shape index (κ2) is 5.72. The summed E-state index contributed by atoms with van der Waals surface area (Å²) in [6.07, 6.45) is -2.67. The molecule has 0 radical (unpaired) electrons. The van der Waals surface area contributed by atoms with Crippen LogP contribution in [0.4, 0.5) is 8.78 Å². The van der Waals surface area contributed by atoms with Gasteiger partial charge in [0, 0.05) is 5.88 Å². The average molecular weight is 236 g/mol. The number of nitrogens with one attached hydrogen (secondary N) is 1. The summed E-state index contributed by atoms with van der Waals surface area (Å²) in [6, 6.07) is 0. The SMILES string of the molecule is CC(CCl)CS(=O)(=O)NCC(F)F. The third-order valence-corrected chi connectivity index (χ3v) is 3.37. The first-order valence-electron chi connectivity index (χ1n) is 3.69. The lowest BCUT2D eigenvalue weighted by Gasteiger charge is -2.09. The van der Waals surface area contributed by atoms with Gasteiger partial charge >= 0.3 is 0 Å². The Morgan fingerprint density at radius 3 is 2.38 bits per heavy atom. The Hall–Kier alpha value is 0.0600. The minimum atomic E-state index is -3.60. The summed E-state index contributed by atoms with van der Waals surface area (Å²) < 4.78 is 47.1. The molecule has 0 aliphatic heterocycles. The summed E-state index contributed by atoms with van der Waals surface area (Å²) >= 11 is 5.38. The number of halogens is 3. The van der Waals surface area contributed by atoms with Crippen molar-refractivity contribution in [3.8, 4) is 0 Å². The van der Waals surface area contributed by atoms with Gasteiger partial charge in [0.05, 0.1) is 12.3 Å². The predicted octanol–water partition coefficient (Wildman–Crippen LogP) is 1.05. The van der Waals surface area contributed by atoms with E-state index in [1.165, 1.54) is 0 Å². The molecule has 13 heavy (non-hydrogen) atoms. The molecular formula is C6H12ClF2NO2S. The van der Waals surface area contributed by atoms with Gasteiger partial charge in [0.1, 0.15) is 0 Å². The Morgan fingerprint density at radius 1 is 1.46 bits per heavy atom. The Bertz CT molecular complexity index is 233. The lowest BCUT2D eigenvalue weighted by Crippen LogP contribution is -2.33. The first-order valence-corrected chi connectivity index (χ1v) is 5.87. The highest BCUT2D eigenvalue weighted by Gasteiger charge is 2.16. The van der Waals surface area contributed by atoms with E-state index in [2.05, 4.69) is 0 Å². The van der Waals surface area contributed by atoms with Crippen molar-refractivity contribution in [2.24, 2.45) is 5.92 Å². The second-order valence-corrected chi connectivity index (χ2v) is 4.94. The summed E-state index contributed by atoms with van der Waals surface area (Å²) in [5, 5.41) is 0. The molecule has 1 atom stereocenters. The lowest BCUT2D eigenvalue weighted by molar-refractivity contribution is 0.153. The van der Waals surface area contributed by atoms with Crippen LogP contribution in [-0.2, 0) is 10.0 Å². The minimum absolute atomic E-state index is 0.190. The maximum Gasteiger partial charge on any atom is 0.251 e. The largest absolute Gasteiger partial charge is 0.251 e. The van der Waals surface area contributed by atoms with Crippen LogP contribution >= 0.6 is 11.6 Å². The predicted molar refractivity (Wildman–Crippen MR) is 47.7 cm³/mol. The normalized spacial score (nSPS) is 14.8. The van der Waals surface area contributed by atoms with Gasteiger partial charge in [0.25, 0.3) is 6.43 Å². The van der Waals surface area contributed by atoms with E-state index in [9.17, 15) is 17.2 Å². The van der Waals surface area contributed by atoms with Crippen LogP contribution in [0.2, 0.25) is 0 Å². The number of sulfonamides is 1. The highest BCUT2D eigenvalue weighted by atomic mass is 35.5. The van der Waals surface area contributed by atoms with E-state index in [4.69, 9.17) is 11.6 Å². The third-order valence-electron chi connectivity index (χ3n) is 1.22. The summed E-state index contributed by atoms with van der Waals surface area (Å²) in [7, 11) is -3.60. The van der Waals surface area contributed by atoms with Crippen molar-refractivity contribution in [3.63, 3.8) is 0 Å². The van der Waals surface area contributed by atoms with Crippen molar-refractivity contribution in [2.45, 2.75) is 13.3 Å². The first-order chi connectivity index (χ1) is 5.87. The maximum atomic E-state index is 11.6. The Kier molecular flexibility index (Phi) is 5.75. The first kappa shape index (κ1) is 13.1. The highest BCUT2D eigenvalue weighted by Crippen LogP contribution is 2.02. The van der Waals surface area contributed by atoms with E-state index >= 15 is 0 Å². The van der Waals surface area contributed by atoms with Gasteiger partial charge in [-0.1, -0.05) is 6.92 Å². The van der Waals surface area contributed by atoms with Crippen molar-refractivity contribution < 1.29 is 17.2 Å². The van der Waals surface area contributed by atoms with E-state index in [1.54, 1.807) is 11.6 Å². The number of hydrogen-bond acceptors (Lipinski definition) is 2. The summed E-state index contributed by atoms with van der Waals surface area (Å²) in [4.78, 5) is 0. The molecule has 0 saturated carbocycles. The van der Waals surface area contributed by atoms with Gasteiger partial charge in [-0.2, -0.15) is 0 Å².